The van der Waals surface area contributed by atoms with Crippen molar-refractivity contribution in [3.63, 3.8) is 0 Å². The van der Waals surface area contributed by atoms with Crippen molar-refractivity contribution in [3.05, 3.63) is 35.7 Å². The van der Waals surface area contributed by atoms with Crippen molar-refractivity contribution < 1.29 is 9.90 Å². The van der Waals surface area contributed by atoms with Crippen LogP contribution in [0.3, 0.4) is 0 Å². The highest BCUT2D eigenvalue weighted by Gasteiger charge is 2.11. The second-order valence-corrected chi connectivity index (χ2v) is 6.65. The number of benzene rings is 1. The maximum Gasteiger partial charge on any atom is 0.251 e. The molecule has 11 heteroatoms. The summed E-state index contributed by atoms with van der Waals surface area (Å²) in [7, 11) is 1.89. The third kappa shape index (κ3) is 5.20. The van der Waals surface area contributed by atoms with E-state index in [0.717, 1.165) is 19.4 Å². The van der Waals surface area contributed by atoms with Crippen LogP contribution in [0.1, 0.15) is 28.9 Å². The first-order valence-electron chi connectivity index (χ1n) is 9.52. The van der Waals surface area contributed by atoms with Crippen LogP contribution in [0.4, 0.5) is 17.5 Å². The van der Waals surface area contributed by atoms with E-state index < -0.39 is 0 Å². The van der Waals surface area contributed by atoms with Crippen LogP contribution in [0.25, 0.3) is 11.2 Å². The molecule has 0 fully saturated rings. The number of nitrogens with zero attached hydrogens (tertiary/aromatic N) is 4. The van der Waals surface area contributed by atoms with Crippen molar-refractivity contribution in [2.75, 3.05) is 36.9 Å². The third-order valence-corrected chi connectivity index (χ3v) is 4.36. The number of nitrogens with one attached hydrogen (secondary N) is 3. The van der Waals surface area contributed by atoms with Gasteiger partial charge in [-0.3, -0.25) is 4.79 Å². The van der Waals surface area contributed by atoms with Crippen molar-refractivity contribution in [1.29, 1.82) is 0 Å². The van der Waals surface area contributed by atoms with Crippen LogP contribution in [-0.4, -0.2) is 51.1 Å². The van der Waals surface area contributed by atoms with Gasteiger partial charge in [0, 0.05) is 12.1 Å². The molecule has 0 aliphatic heterocycles. The SMILES string of the molecule is CNCCCCNC(=O)c1ccc(NCc2cnc3nc(N)nc(N)c3n2)c(O)c1. The molecule has 1 amide bonds. The summed E-state index contributed by atoms with van der Waals surface area (Å²) in [4.78, 5) is 28.6. The maximum absolute atomic E-state index is 12.2. The van der Waals surface area contributed by atoms with Crippen LogP contribution in [0, 0.1) is 0 Å². The van der Waals surface area contributed by atoms with E-state index >= 15 is 0 Å². The molecular formula is C19H25N9O2. The molecule has 8 N–H and O–H groups in total. The normalized spacial score (nSPS) is 10.8. The molecule has 0 aliphatic carbocycles. The molecule has 0 radical (unpaired) electrons. The van der Waals surface area contributed by atoms with E-state index in [1.54, 1.807) is 12.1 Å². The zero-order valence-electron chi connectivity index (χ0n) is 16.6. The molecule has 3 aromatic rings. The van der Waals surface area contributed by atoms with Crippen LogP contribution in [0.15, 0.2) is 24.4 Å². The predicted octanol–water partition coefficient (Wildman–Crippen LogP) is 0.631. The maximum atomic E-state index is 12.2. The van der Waals surface area contributed by atoms with Crippen molar-refractivity contribution in [1.82, 2.24) is 30.6 Å². The average molecular weight is 411 g/mol. The van der Waals surface area contributed by atoms with Gasteiger partial charge in [0.05, 0.1) is 24.1 Å². The molecule has 2 aromatic heterocycles. The molecule has 3 rings (SSSR count). The van der Waals surface area contributed by atoms with Crippen molar-refractivity contribution in [2.45, 2.75) is 19.4 Å². The molecule has 0 unspecified atom stereocenters. The Labute approximate surface area is 173 Å². The Bertz CT molecular complexity index is 1040. The lowest BCUT2D eigenvalue weighted by molar-refractivity contribution is 0.0952. The van der Waals surface area contributed by atoms with E-state index in [2.05, 4.69) is 35.9 Å². The monoisotopic (exact) mass is 411 g/mol. The lowest BCUT2D eigenvalue weighted by Gasteiger charge is -2.11. The molecule has 0 atom stereocenters. The van der Waals surface area contributed by atoms with E-state index in [1.807, 2.05) is 7.05 Å². The van der Waals surface area contributed by atoms with Crippen LogP contribution < -0.4 is 27.4 Å². The number of nitrogen functional groups attached to an aromatic ring is 2. The highest BCUT2D eigenvalue weighted by molar-refractivity contribution is 5.95. The van der Waals surface area contributed by atoms with E-state index in [1.165, 1.54) is 12.3 Å². The second kappa shape index (κ2) is 9.65. The van der Waals surface area contributed by atoms with Gasteiger partial charge in [0.2, 0.25) is 5.95 Å². The van der Waals surface area contributed by atoms with Crippen LogP contribution >= 0.6 is 0 Å². The summed E-state index contributed by atoms with van der Waals surface area (Å²) < 4.78 is 0. The zero-order valence-corrected chi connectivity index (χ0v) is 16.6. The van der Waals surface area contributed by atoms with Crippen LogP contribution in [-0.2, 0) is 6.54 Å². The van der Waals surface area contributed by atoms with E-state index in [9.17, 15) is 9.90 Å². The Morgan fingerprint density at radius 3 is 2.70 bits per heavy atom. The van der Waals surface area contributed by atoms with Gasteiger partial charge in [-0.25, -0.2) is 9.97 Å². The Balaban J connectivity index is 1.61. The number of aromatic nitrogens is 4. The zero-order chi connectivity index (χ0) is 21.5. The highest BCUT2D eigenvalue weighted by atomic mass is 16.3. The van der Waals surface area contributed by atoms with Crippen molar-refractivity contribution in [3.8, 4) is 5.75 Å². The largest absolute Gasteiger partial charge is 0.506 e. The Kier molecular flexibility index (Phi) is 6.75. The number of aromatic hydroxyl groups is 1. The number of hydrogen-bond donors (Lipinski definition) is 6. The van der Waals surface area contributed by atoms with Gasteiger partial charge in [0.25, 0.3) is 5.91 Å². The number of nitrogens with two attached hydrogens (primary N) is 2. The second-order valence-electron chi connectivity index (χ2n) is 6.65. The van der Waals surface area contributed by atoms with Crippen molar-refractivity contribution >= 4 is 34.5 Å². The number of unbranched alkanes of at least 4 members (excludes halogenated alkanes) is 1. The van der Waals surface area contributed by atoms with Gasteiger partial charge in [0.1, 0.15) is 5.75 Å². The van der Waals surface area contributed by atoms with Gasteiger partial charge < -0.3 is 32.5 Å². The Morgan fingerprint density at radius 2 is 1.93 bits per heavy atom. The number of fused-ring (bicyclic) bond motifs is 1. The molecule has 158 valence electrons. The minimum Gasteiger partial charge on any atom is -0.506 e. The Morgan fingerprint density at radius 1 is 1.13 bits per heavy atom. The van der Waals surface area contributed by atoms with Gasteiger partial charge >= 0.3 is 0 Å². The average Bonchev–Trinajstić information content (AvgIpc) is 2.72. The summed E-state index contributed by atoms with van der Waals surface area (Å²) in [5.41, 5.74) is 13.5. The molecule has 0 spiro atoms. The minimum absolute atomic E-state index is 0.0344. The third-order valence-electron chi connectivity index (χ3n) is 4.36. The Hall–Kier alpha value is -3.73. The topological polar surface area (TPSA) is 177 Å². The number of amides is 1. The molecule has 0 saturated carbocycles. The van der Waals surface area contributed by atoms with E-state index in [0.29, 0.717) is 34.7 Å². The molecule has 0 bridgehead atoms. The standard InChI is InChI=1S/C19H25N9O2/c1-22-6-2-3-7-23-18(30)11-4-5-13(14(29)8-11)24-9-12-10-25-17-15(26-12)16(20)27-19(21)28-17/h4-5,8,10,22,24,29H,2-3,6-7,9H2,1H3,(H,23,30)(H4,20,21,25,27,28). The number of phenols is 1. The summed E-state index contributed by atoms with van der Waals surface area (Å²) in [6.45, 7) is 1.77. The van der Waals surface area contributed by atoms with Gasteiger partial charge in [-0.05, 0) is 44.6 Å². The van der Waals surface area contributed by atoms with Crippen molar-refractivity contribution in [2.24, 2.45) is 0 Å². The molecule has 0 aliphatic rings. The fourth-order valence-electron chi connectivity index (χ4n) is 2.81. The fraction of sp³-hybridized carbons (Fsp3) is 0.316. The van der Waals surface area contributed by atoms with E-state index in [4.69, 9.17) is 11.5 Å². The molecule has 1 aromatic carbocycles. The van der Waals surface area contributed by atoms with E-state index in [-0.39, 0.29) is 30.0 Å². The lowest BCUT2D eigenvalue weighted by atomic mass is 10.1. The number of rotatable bonds is 9. The first kappa shape index (κ1) is 21.0. The summed E-state index contributed by atoms with van der Waals surface area (Å²) >= 11 is 0. The number of hydrogen-bond acceptors (Lipinski definition) is 10. The summed E-state index contributed by atoms with van der Waals surface area (Å²) in [5, 5.41) is 19.2. The molecular weight excluding hydrogens is 386 g/mol. The molecule has 30 heavy (non-hydrogen) atoms. The van der Waals surface area contributed by atoms with Gasteiger partial charge in [-0.1, -0.05) is 0 Å². The first-order valence-corrected chi connectivity index (χ1v) is 9.52. The number of carbonyl (C=O) groups is 1. The summed E-state index contributed by atoms with van der Waals surface area (Å²) in [5.74, 6) is -0.0816. The van der Waals surface area contributed by atoms with Gasteiger partial charge in [-0.15, -0.1) is 0 Å². The molecule has 0 saturated heterocycles. The summed E-state index contributed by atoms with van der Waals surface area (Å²) in [6.07, 6.45) is 3.40. The number of phenolic OH excluding ortho intramolecular Hbond substituents is 1. The quantitative estimate of drug-likeness (QED) is 0.216. The smallest absolute Gasteiger partial charge is 0.251 e. The summed E-state index contributed by atoms with van der Waals surface area (Å²) in [6, 6.07) is 4.70. The predicted molar refractivity (Wildman–Crippen MR) is 115 cm³/mol. The van der Waals surface area contributed by atoms with Crippen LogP contribution in [0.2, 0.25) is 0 Å². The minimum atomic E-state index is -0.226. The van der Waals surface area contributed by atoms with Gasteiger partial charge in [0.15, 0.2) is 17.0 Å². The number of anilines is 3. The highest BCUT2D eigenvalue weighted by Crippen LogP contribution is 2.25. The number of carbonyl (C=O) groups excluding carboxylic acids is 1. The molecule has 2 heterocycles. The fourth-order valence-corrected chi connectivity index (χ4v) is 2.81. The molecule has 11 nitrogen and oxygen atoms in total. The first-order chi connectivity index (χ1) is 14.5. The van der Waals surface area contributed by atoms with Gasteiger partial charge in [-0.2, -0.15) is 9.97 Å². The lowest BCUT2D eigenvalue weighted by Crippen LogP contribution is -2.25. The van der Waals surface area contributed by atoms with Crippen LogP contribution in [0.5, 0.6) is 5.75 Å².